The van der Waals surface area contributed by atoms with Crippen LogP contribution in [0.4, 0.5) is 5.69 Å². The SMILES string of the molecule is CC1=NN(c2ccc(C(=O)O)cc2)C(=O)C1=Cc1ccc(Br)cc1. The number of hydrogen-bond acceptors (Lipinski definition) is 3. The van der Waals surface area contributed by atoms with Gasteiger partial charge in [0.15, 0.2) is 0 Å². The van der Waals surface area contributed by atoms with Crippen LogP contribution in [0, 0.1) is 0 Å². The zero-order valence-electron chi connectivity index (χ0n) is 12.7. The molecule has 1 aliphatic rings. The van der Waals surface area contributed by atoms with Gasteiger partial charge in [-0.25, -0.2) is 4.79 Å². The van der Waals surface area contributed by atoms with Gasteiger partial charge in [0.1, 0.15) is 0 Å². The average Bonchev–Trinajstić information content (AvgIpc) is 2.85. The quantitative estimate of drug-likeness (QED) is 0.814. The first kappa shape index (κ1) is 16.1. The topological polar surface area (TPSA) is 70.0 Å². The van der Waals surface area contributed by atoms with Gasteiger partial charge >= 0.3 is 5.97 Å². The van der Waals surface area contributed by atoms with Gasteiger partial charge in [-0.15, -0.1) is 0 Å². The van der Waals surface area contributed by atoms with Gasteiger partial charge in [0.05, 0.1) is 22.5 Å². The van der Waals surface area contributed by atoms with Crippen LogP contribution in [-0.2, 0) is 4.79 Å². The molecule has 0 unspecified atom stereocenters. The highest BCUT2D eigenvalue weighted by Crippen LogP contribution is 2.25. The molecule has 5 nitrogen and oxygen atoms in total. The van der Waals surface area contributed by atoms with E-state index in [-0.39, 0.29) is 11.5 Å². The highest BCUT2D eigenvalue weighted by atomic mass is 79.9. The summed E-state index contributed by atoms with van der Waals surface area (Å²) in [5.74, 6) is -1.25. The van der Waals surface area contributed by atoms with E-state index < -0.39 is 5.97 Å². The van der Waals surface area contributed by atoms with E-state index in [9.17, 15) is 9.59 Å². The first-order chi connectivity index (χ1) is 11.5. The van der Waals surface area contributed by atoms with Gasteiger partial charge < -0.3 is 5.11 Å². The predicted molar refractivity (Wildman–Crippen MR) is 96.1 cm³/mol. The molecule has 0 atom stereocenters. The van der Waals surface area contributed by atoms with Crippen LogP contribution < -0.4 is 5.01 Å². The fourth-order valence-electron chi connectivity index (χ4n) is 2.33. The lowest BCUT2D eigenvalue weighted by Gasteiger charge is -2.11. The van der Waals surface area contributed by atoms with Crippen molar-refractivity contribution in [3.63, 3.8) is 0 Å². The van der Waals surface area contributed by atoms with Crippen LogP contribution in [0.1, 0.15) is 22.8 Å². The molecule has 6 heteroatoms. The van der Waals surface area contributed by atoms with Crippen molar-refractivity contribution in [3.05, 3.63) is 69.7 Å². The van der Waals surface area contributed by atoms with E-state index in [4.69, 9.17) is 5.11 Å². The minimum Gasteiger partial charge on any atom is -0.478 e. The molecule has 0 fully saturated rings. The lowest BCUT2D eigenvalue weighted by atomic mass is 10.1. The van der Waals surface area contributed by atoms with Crippen molar-refractivity contribution in [2.45, 2.75) is 6.92 Å². The van der Waals surface area contributed by atoms with Crippen LogP contribution >= 0.6 is 15.9 Å². The second-order valence-electron chi connectivity index (χ2n) is 5.26. The van der Waals surface area contributed by atoms with Gasteiger partial charge in [0, 0.05) is 4.47 Å². The van der Waals surface area contributed by atoms with E-state index in [1.807, 2.05) is 24.3 Å². The first-order valence-electron chi connectivity index (χ1n) is 7.16. The van der Waals surface area contributed by atoms with Crippen molar-refractivity contribution in [1.29, 1.82) is 0 Å². The molecule has 24 heavy (non-hydrogen) atoms. The van der Waals surface area contributed by atoms with Gasteiger partial charge in [-0.05, 0) is 55.0 Å². The molecule has 3 rings (SSSR count). The summed E-state index contributed by atoms with van der Waals surface area (Å²) in [5.41, 5.74) is 2.73. The van der Waals surface area contributed by atoms with Crippen LogP contribution in [0.3, 0.4) is 0 Å². The third kappa shape index (κ3) is 3.14. The summed E-state index contributed by atoms with van der Waals surface area (Å²) in [6.45, 7) is 1.77. The summed E-state index contributed by atoms with van der Waals surface area (Å²) in [6.07, 6.45) is 1.79. The van der Waals surface area contributed by atoms with Crippen LogP contribution in [-0.4, -0.2) is 22.7 Å². The number of hydrogen-bond donors (Lipinski definition) is 1. The Labute approximate surface area is 147 Å². The zero-order chi connectivity index (χ0) is 17.3. The lowest BCUT2D eigenvalue weighted by molar-refractivity contribution is -0.114. The molecule has 0 saturated carbocycles. The smallest absolute Gasteiger partial charge is 0.335 e. The van der Waals surface area contributed by atoms with E-state index in [1.165, 1.54) is 17.1 Å². The summed E-state index contributed by atoms with van der Waals surface area (Å²) >= 11 is 3.38. The van der Waals surface area contributed by atoms with Crippen LogP contribution in [0.5, 0.6) is 0 Å². The monoisotopic (exact) mass is 384 g/mol. The van der Waals surface area contributed by atoms with E-state index in [1.54, 1.807) is 25.1 Å². The predicted octanol–water partition coefficient (Wildman–Crippen LogP) is 3.95. The maximum atomic E-state index is 12.6. The minimum absolute atomic E-state index is 0.164. The molecule has 0 radical (unpaired) electrons. The summed E-state index contributed by atoms with van der Waals surface area (Å²) in [7, 11) is 0. The van der Waals surface area contributed by atoms with E-state index in [0.29, 0.717) is 17.0 Å². The number of anilines is 1. The number of halogens is 1. The number of carboxylic acids is 1. The normalized spacial score (nSPS) is 15.8. The molecule has 2 aromatic carbocycles. The van der Waals surface area contributed by atoms with E-state index in [2.05, 4.69) is 21.0 Å². The molecule has 1 N–H and O–H groups in total. The largest absolute Gasteiger partial charge is 0.478 e. The molecule has 1 heterocycles. The van der Waals surface area contributed by atoms with Crippen molar-refractivity contribution in [3.8, 4) is 0 Å². The number of hydrazone groups is 1. The minimum atomic E-state index is -1.01. The molecule has 0 bridgehead atoms. The Bertz CT molecular complexity index is 868. The van der Waals surface area contributed by atoms with Crippen LogP contribution in [0.2, 0.25) is 0 Å². The number of rotatable bonds is 3. The fraction of sp³-hybridized carbons (Fsp3) is 0.0556. The van der Waals surface area contributed by atoms with E-state index in [0.717, 1.165) is 10.0 Å². The van der Waals surface area contributed by atoms with Crippen molar-refractivity contribution >= 4 is 45.3 Å². The van der Waals surface area contributed by atoms with Gasteiger partial charge in [-0.3, -0.25) is 4.79 Å². The number of benzene rings is 2. The number of amides is 1. The number of carbonyl (C=O) groups excluding carboxylic acids is 1. The van der Waals surface area contributed by atoms with Crippen molar-refractivity contribution in [1.82, 2.24) is 0 Å². The van der Waals surface area contributed by atoms with E-state index >= 15 is 0 Å². The third-order valence-electron chi connectivity index (χ3n) is 3.60. The first-order valence-corrected chi connectivity index (χ1v) is 7.95. The second-order valence-corrected chi connectivity index (χ2v) is 6.18. The maximum Gasteiger partial charge on any atom is 0.335 e. The van der Waals surface area contributed by atoms with Gasteiger partial charge in [0.2, 0.25) is 0 Å². The summed E-state index contributed by atoms with van der Waals surface area (Å²) in [6, 6.07) is 13.7. The summed E-state index contributed by atoms with van der Waals surface area (Å²) < 4.78 is 0.966. The molecule has 120 valence electrons. The van der Waals surface area contributed by atoms with Crippen molar-refractivity contribution < 1.29 is 14.7 Å². The van der Waals surface area contributed by atoms with Gasteiger partial charge in [0.25, 0.3) is 5.91 Å². The zero-order valence-corrected chi connectivity index (χ0v) is 14.3. The van der Waals surface area contributed by atoms with Gasteiger partial charge in [-0.1, -0.05) is 28.1 Å². The van der Waals surface area contributed by atoms with Crippen molar-refractivity contribution in [2.24, 2.45) is 5.10 Å². The highest BCUT2D eigenvalue weighted by molar-refractivity contribution is 9.10. The standard InChI is InChI=1S/C18H13BrN2O3/c1-11-16(10-12-2-6-14(19)7-3-12)17(22)21(20-11)15-8-4-13(5-9-15)18(23)24/h2-10H,1H3,(H,23,24). The molecule has 2 aromatic rings. The molecule has 1 amide bonds. The highest BCUT2D eigenvalue weighted by Gasteiger charge is 2.28. The lowest BCUT2D eigenvalue weighted by Crippen LogP contribution is -2.21. The third-order valence-corrected chi connectivity index (χ3v) is 4.13. The Morgan fingerprint density at radius 1 is 1.12 bits per heavy atom. The molecule has 1 aliphatic heterocycles. The second kappa shape index (κ2) is 6.41. The number of aromatic carboxylic acids is 1. The Kier molecular flexibility index (Phi) is 4.31. The molecule has 0 aliphatic carbocycles. The molecule has 0 aromatic heterocycles. The molecular weight excluding hydrogens is 372 g/mol. The fourth-order valence-corrected chi connectivity index (χ4v) is 2.59. The van der Waals surface area contributed by atoms with Gasteiger partial charge in [-0.2, -0.15) is 10.1 Å². The Morgan fingerprint density at radius 3 is 2.33 bits per heavy atom. The average molecular weight is 385 g/mol. The number of nitrogens with zero attached hydrogens (tertiary/aromatic N) is 2. The summed E-state index contributed by atoms with van der Waals surface area (Å²) in [5, 5.41) is 14.5. The summed E-state index contributed by atoms with van der Waals surface area (Å²) in [4.78, 5) is 23.5. The Morgan fingerprint density at radius 2 is 1.75 bits per heavy atom. The molecule has 0 spiro atoms. The molecule has 0 saturated heterocycles. The maximum absolute atomic E-state index is 12.6. The van der Waals surface area contributed by atoms with Crippen LogP contribution in [0.25, 0.3) is 6.08 Å². The van der Waals surface area contributed by atoms with Crippen molar-refractivity contribution in [2.75, 3.05) is 5.01 Å². The molecular formula is C18H13BrN2O3. The number of carboxylic acid groups (broad SMARTS) is 1. The van der Waals surface area contributed by atoms with Crippen LogP contribution in [0.15, 0.2) is 63.7 Å². The Balaban J connectivity index is 1.90. The Hall–Kier alpha value is -2.73. The number of carbonyl (C=O) groups is 2.